The molecule has 0 aliphatic heterocycles. The highest BCUT2D eigenvalue weighted by molar-refractivity contribution is 5.94. The van der Waals surface area contributed by atoms with Crippen molar-refractivity contribution in [1.82, 2.24) is 5.43 Å². The lowest BCUT2D eigenvalue weighted by Gasteiger charge is -2.17. The fraction of sp³-hybridized carbons (Fsp3) is 0.333. The number of hydrogen-bond acceptors (Lipinski definition) is 6. The van der Waals surface area contributed by atoms with Gasteiger partial charge in [-0.1, -0.05) is 6.07 Å². The predicted octanol–water partition coefficient (Wildman–Crippen LogP) is -1.38. The Labute approximate surface area is 114 Å². The minimum Gasteiger partial charge on any atom is -0.394 e. The van der Waals surface area contributed by atoms with Crippen molar-refractivity contribution in [2.45, 2.75) is 18.3 Å². The van der Waals surface area contributed by atoms with E-state index in [-0.39, 0.29) is 5.56 Å². The lowest BCUT2D eigenvalue weighted by Crippen LogP contribution is -2.40. The number of amides is 1. The SMILES string of the molecule is O=C(NN=C[C@H](O)[C@@H](O)[C@H](O)CO)c1cccc(F)c1. The van der Waals surface area contributed by atoms with Crippen LogP contribution < -0.4 is 5.43 Å². The van der Waals surface area contributed by atoms with E-state index in [1.807, 2.05) is 5.43 Å². The van der Waals surface area contributed by atoms with Gasteiger partial charge in [0.05, 0.1) is 12.8 Å². The number of hydrogen-bond donors (Lipinski definition) is 5. The van der Waals surface area contributed by atoms with Gasteiger partial charge in [-0.15, -0.1) is 0 Å². The van der Waals surface area contributed by atoms with Crippen molar-refractivity contribution in [3.05, 3.63) is 35.6 Å². The Bertz CT molecular complexity index is 483. The maximum absolute atomic E-state index is 12.9. The number of aliphatic hydroxyl groups excluding tert-OH is 4. The minimum atomic E-state index is -1.64. The Morgan fingerprint density at radius 1 is 1.40 bits per heavy atom. The second-order valence-corrected chi connectivity index (χ2v) is 3.96. The Morgan fingerprint density at radius 3 is 2.70 bits per heavy atom. The Kier molecular flexibility index (Phi) is 6.19. The van der Waals surface area contributed by atoms with Gasteiger partial charge in [-0.3, -0.25) is 4.79 Å². The molecule has 1 aromatic carbocycles. The van der Waals surface area contributed by atoms with Gasteiger partial charge >= 0.3 is 0 Å². The lowest BCUT2D eigenvalue weighted by atomic mass is 10.1. The molecule has 0 saturated heterocycles. The summed E-state index contributed by atoms with van der Waals surface area (Å²) in [7, 11) is 0. The third-order valence-electron chi connectivity index (χ3n) is 2.41. The van der Waals surface area contributed by atoms with Gasteiger partial charge in [0.2, 0.25) is 0 Å². The van der Waals surface area contributed by atoms with Gasteiger partial charge in [0.15, 0.2) is 0 Å². The highest BCUT2D eigenvalue weighted by atomic mass is 19.1. The van der Waals surface area contributed by atoms with Gasteiger partial charge in [0.1, 0.15) is 24.1 Å². The van der Waals surface area contributed by atoms with Crippen LogP contribution in [0.3, 0.4) is 0 Å². The molecule has 0 saturated carbocycles. The first-order chi connectivity index (χ1) is 9.45. The quantitative estimate of drug-likeness (QED) is 0.326. The maximum Gasteiger partial charge on any atom is 0.271 e. The fourth-order valence-electron chi connectivity index (χ4n) is 1.29. The molecule has 0 unspecified atom stereocenters. The number of nitrogens with one attached hydrogen (secondary N) is 1. The van der Waals surface area contributed by atoms with Crippen LogP contribution in [0.4, 0.5) is 4.39 Å². The summed E-state index contributed by atoms with van der Waals surface area (Å²) in [6.45, 7) is -0.734. The number of carbonyl (C=O) groups is 1. The van der Waals surface area contributed by atoms with Crippen LogP contribution in [0.15, 0.2) is 29.4 Å². The number of aliphatic hydroxyl groups is 4. The molecule has 3 atom stereocenters. The first kappa shape index (κ1) is 16.2. The zero-order valence-electron chi connectivity index (χ0n) is 10.3. The van der Waals surface area contributed by atoms with Crippen LogP contribution in [0.2, 0.25) is 0 Å². The number of nitrogens with zero attached hydrogens (tertiary/aromatic N) is 1. The topological polar surface area (TPSA) is 122 Å². The normalized spacial score (nSPS) is 15.8. The molecule has 0 bridgehead atoms. The molecule has 20 heavy (non-hydrogen) atoms. The molecule has 1 rings (SSSR count). The number of rotatable bonds is 6. The monoisotopic (exact) mass is 286 g/mol. The van der Waals surface area contributed by atoms with Crippen molar-refractivity contribution in [3.63, 3.8) is 0 Å². The van der Waals surface area contributed by atoms with Crippen molar-refractivity contribution in [1.29, 1.82) is 0 Å². The summed E-state index contributed by atoms with van der Waals surface area (Å²) < 4.78 is 12.9. The van der Waals surface area contributed by atoms with Gasteiger partial charge in [0.25, 0.3) is 5.91 Å². The summed E-state index contributed by atoms with van der Waals surface area (Å²) in [6, 6.07) is 4.90. The van der Waals surface area contributed by atoms with Crippen LogP contribution in [0.25, 0.3) is 0 Å². The summed E-state index contributed by atoms with van der Waals surface area (Å²) in [5, 5.41) is 39.7. The zero-order chi connectivity index (χ0) is 15.1. The van der Waals surface area contributed by atoms with E-state index in [0.717, 1.165) is 12.3 Å². The third kappa shape index (κ3) is 4.67. The van der Waals surface area contributed by atoms with E-state index in [0.29, 0.717) is 0 Å². The van der Waals surface area contributed by atoms with E-state index >= 15 is 0 Å². The molecule has 0 heterocycles. The molecule has 0 spiro atoms. The lowest BCUT2D eigenvalue weighted by molar-refractivity contribution is -0.0542. The predicted molar refractivity (Wildman–Crippen MR) is 67.5 cm³/mol. The molecule has 0 fully saturated rings. The van der Waals surface area contributed by atoms with E-state index < -0.39 is 36.6 Å². The van der Waals surface area contributed by atoms with E-state index in [9.17, 15) is 19.4 Å². The maximum atomic E-state index is 12.9. The number of carbonyl (C=O) groups excluding carboxylic acids is 1. The van der Waals surface area contributed by atoms with Crippen molar-refractivity contribution < 1.29 is 29.6 Å². The summed E-state index contributed by atoms with van der Waals surface area (Å²) >= 11 is 0. The number of benzene rings is 1. The second kappa shape index (κ2) is 7.65. The smallest absolute Gasteiger partial charge is 0.271 e. The molecule has 0 aliphatic rings. The Balaban J connectivity index is 2.54. The van der Waals surface area contributed by atoms with Crippen LogP contribution in [-0.2, 0) is 0 Å². The molecule has 7 nitrogen and oxygen atoms in total. The molecule has 1 aromatic rings. The zero-order valence-corrected chi connectivity index (χ0v) is 10.3. The van der Waals surface area contributed by atoms with Crippen LogP contribution in [0, 0.1) is 5.82 Å². The summed E-state index contributed by atoms with van der Waals surface area (Å²) in [5.41, 5.74) is 2.05. The molecule has 0 aromatic heterocycles. The number of halogens is 1. The van der Waals surface area contributed by atoms with Crippen molar-refractivity contribution >= 4 is 12.1 Å². The van der Waals surface area contributed by atoms with Gasteiger partial charge in [-0.25, -0.2) is 9.82 Å². The molecular weight excluding hydrogens is 271 g/mol. The standard InChI is InChI=1S/C12H15FN2O5/c13-8-3-1-2-7(4-8)12(20)15-14-5-9(17)11(19)10(18)6-16/h1-5,9-11,16-19H,6H2,(H,15,20)/t9-,10+,11+/m0/s1. The molecule has 5 N–H and O–H groups in total. The molecule has 110 valence electrons. The summed E-state index contributed by atoms with van der Waals surface area (Å²) in [6.07, 6.45) is -3.98. The highest BCUT2D eigenvalue weighted by Gasteiger charge is 2.22. The van der Waals surface area contributed by atoms with Crippen molar-refractivity contribution in [3.8, 4) is 0 Å². The van der Waals surface area contributed by atoms with Gasteiger partial charge in [-0.05, 0) is 18.2 Å². The molecule has 0 aliphatic carbocycles. The molecule has 0 radical (unpaired) electrons. The van der Waals surface area contributed by atoms with Crippen molar-refractivity contribution in [2.75, 3.05) is 6.61 Å². The number of hydrazone groups is 1. The minimum absolute atomic E-state index is 0.0348. The van der Waals surface area contributed by atoms with Crippen LogP contribution in [0.5, 0.6) is 0 Å². The van der Waals surface area contributed by atoms with E-state index in [1.54, 1.807) is 0 Å². The first-order valence-electron chi connectivity index (χ1n) is 5.70. The van der Waals surface area contributed by atoms with Crippen LogP contribution in [-0.4, -0.2) is 57.5 Å². The average Bonchev–Trinajstić information content (AvgIpc) is 2.45. The van der Waals surface area contributed by atoms with E-state index in [4.69, 9.17) is 10.2 Å². The van der Waals surface area contributed by atoms with Crippen LogP contribution >= 0.6 is 0 Å². The Hall–Kier alpha value is -1.87. The third-order valence-corrected chi connectivity index (χ3v) is 2.41. The average molecular weight is 286 g/mol. The molecular formula is C12H15FN2O5. The largest absolute Gasteiger partial charge is 0.394 e. The van der Waals surface area contributed by atoms with Gasteiger partial charge in [0, 0.05) is 5.56 Å². The first-order valence-corrected chi connectivity index (χ1v) is 5.70. The van der Waals surface area contributed by atoms with E-state index in [1.165, 1.54) is 18.2 Å². The van der Waals surface area contributed by atoms with Crippen LogP contribution in [0.1, 0.15) is 10.4 Å². The highest BCUT2D eigenvalue weighted by Crippen LogP contribution is 2.03. The van der Waals surface area contributed by atoms with Gasteiger partial charge < -0.3 is 20.4 Å². The second-order valence-electron chi connectivity index (χ2n) is 3.96. The fourth-order valence-corrected chi connectivity index (χ4v) is 1.29. The molecule has 8 heteroatoms. The van der Waals surface area contributed by atoms with E-state index in [2.05, 4.69) is 5.10 Å². The van der Waals surface area contributed by atoms with Crippen molar-refractivity contribution in [2.24, 2.45) is 5.10 Å². The summed E-state index contributed by atoms with van der Waals surface area (Å²) in [4.78, 5) is 11.5. The van der Waals surface area contributed by atoms with Gasteiger partial charge in [-0.2, -0.15) is 5.10 Å². The molecule has 1 amide bonds. The Morgan fingerprint density at radius 2 is 2.10 bits per heavy atom. The summed E-state index contributed by atoms with van der Waals surface area (Å²) in [5.74, 6) is -1.28.